The van der Waals surface area contributed by atoms with E-state index >= 15 is 0 Å². The molecule has 2 N–H and O–H groups in total. The second-order valence-electron chi connectivity index (χ2n) is 6.22. The lowest BCUT2D eigenvalue weighted by Crippen LogP contribution is -2.54. The fourth-order valence-electron chi connectivity index (χ4n) is 2.87. The van der Waals surface area contributed by atoms with Crippen LogP contribution in [0, 0.1) is 5.92 Å². The standard InChI is InChI=1S/C16H23ClN2O2/c1-12(2)11-19-8-6-16(7-9-19,15(20)21)18-14-5-3-4-13(17)10-14/h3-5,10,12,18H,6-9,11H2,1-2H3,(H,20,21). The van der Waals surface area contributed by atoms with Crippen LogP contribution < -0.4 is 5.32 Å². The molecule has 21 heavy (non-hydrogen) atoms. The minimum atomic E-state index is -0.891. The van der Waals surface area contributed by atoms with Gasteiger partial charge in [-0.1, -0.05) is 31.5 Å². The van der Waals surface area contributed by atoms with E-state index in [4.69, 9.17) is 11.6 Å². The highest BCUT2D eigenvalue weighted by Gasteiger charge is 2.41. The fourth-order valence-corrected chi connectivity index (χ4v) is 3.06. The third-order valence-electron chi connectivity index (χ3n) is 3.95. The largest absolute Gasteiger partial charge is 0.480 e. The van der Waals surface area contributed by atoms with Gasteiger partial charge in [0, 0.05) is 30.3 Å². The Morgan fingerprint density at radius 1 is 1.43 bits per heavy atom. The van der Waals surface area contributed by atoms with Crippen molar-refractivity contribution in [1.82, 2.24) is 4.90 Å². The van der Waals surface area contributed by atoms with Crippen molar-refractivity contribution < 1.29 is 9.90 Å². The van der Waals surface area contributed by atoms with Gasteiger partial charge in [0.2, 0.25) is 0 Å². The zero-order valence-electron chi connectivity index (χ0n) is 12.6. The minimum Gasteiger partial charge on any atom is -0.480 e. The Labute approximate surface area is 131 Å². The van der Waals surface area contributed by atoms with E-state index in [1.807, 2.05) is 12.1 Å². The summed E-state index contributed by atoms with van der Waals surface area (Å²) < 4.78 is 0. The van der Waals surface area contributed by atoms with Crippen LogP contribution in [-0.2, 0) is 4.79 Å². The lowest BCUT2D eigenvalue weighted by atomic mass is 9.86. The number of aliphatic carboxylic acids is 1. The summed E-state index contributed by atoms with van der Waals surface area (Å²) in [4.78, 5) is 14.1. The van der Waals surface area contributed by atoms with Crippen LogP contribution in [0.25, 0.3) is 0 Å². The van der Waals surface area contributed by atoms with E-state index in [0.717, 1.165) is 25.3 Å². The zero-order valence-corrected chi connectivity index (χ0v) is 13.4. The minimum absolute atomic E-state index is 0.599. The number of nitrogens with one attached hydrogen (secondary N) is 1. The lowest BCUT2D eigenvalue weighted by molar-refractivity contribution is -0.144. The summed E-state index contributed by atoms with van der Waals surface area (Å²) in [6.07, 6.45) is 1.20. The zero-order chi connectivity index (χ0) is 15.5. The maximum atomic E-state index is 11.8. The molecular formula is C16H23ClN2O2. The maximum Gasteiger partial charge on any atom is 0.329 e. The van der Waals surface area contributed by atoms with Gasteiger partial charge in [-0.2, -0.15) is 0 Å². The smallest absolute Gasteiger partial charge is 0.329 e. The third-order valence-corrected chi connectivity index (χ3v) is 4.19. The Bertz CT molecular complexity index is 497. The first-order valence-electron chi connectivity index (χ1n) is 7.41. The predicted octanol–water partition coefficient (Wildman–Crippen LogP) is 3.33. The van der Waals surface area contributed by atoms with Gasteiger partial charge in [0.25, 0.3) is 0 Å². The van der Waals surface area contributed by atoms with Crippen LogP contribution in [0.1, 0.15) is 26.7 Å². The number of carboxylic acid groups (broad SMARTS) is 1. The number of piperidine rings is 1. The Hall–Kier alpha value is -1.26. The highest BCUT2D eigenvalue weighted by molar-refractivity contribution is 6.30. The number of hydrogen-bond acceptors (Lipinski definition) is 3. The van der Waals surface area contributed by atoms with Crippen LogP contribution >= 0.6 is 11.6 Å². The van der Waals surface area contributed by atoms with Crippen molar-refractivity contribution in [3.63, 3.8) is 0 Å². The van der Waals surface area contributed by atoms with Gasteiger partial charge < -0.3 is 15.3 Å². The van der Waals surface area contributed by atoms with Crippen LogP contribution in [-0.4, -0.2) is 41.1 Å². The summed E-state index contributed by atoms with van der Waals surface area (Å²) in [5.41, 5.74) is -0.125. The van der Waals surface area contributed by atoms with Crippen molar-refractivity contribution in [2.45, 2.75) is 32.2 Å². The molecule has 0 amide bonds. The number of halogens is 1. The van der Waals surface area contributed by atoms with Gasteiger partial charge in [-0.25, -0.2) is 4.79 Å². The van der Waals surface area contributed by atoms with E-state index in [1.165, 1.54) is 0 Å². The average Bonchev–Trinajstić information content (AvgIpc) is 2.40. The SMILES string of the molecule is CC(C)CN1CCC(Nc2cccc(Cl)c2)(C(=O)O)CC1. The first kappa shape index (κ1) is 16.1. The molecule has 1 aromatic carbocycles. The Kier molecular flexibility index (Phi) is 5.12. The molecule has 1 saturated heterocycles. The average molecular weight is 311 g/mol. The maximum absolute atomic E-state index is 11.8. The number of hydrogen-bond donors (Lipinski definition) is 2. The third kappa shape index (κ3) is 4.11. The second kappa shape index (κ2) is 6.67. The fraction of sp³-hybridized carbons (Fsp3) is 0.562. The van der Waals surface area contributed by atoms with Gasteiger partial charge in [-0.3, -0.25) is 0 Å². The molecule has 0 spiro atoms. The van der Waals surface area contributed by atoms with Crippen molar-refractivity contribution in [2.24, 2.45) is 5.92 Å². The first-order chi connectivity index (χ1) is 9.91. The van der Waals surface area contributed by atoms with Crippen molar-refractivity contribution in [2.75, 3.05) is 25.0 Å². The van der Waals surface area contributed by atoms with Crippen LogP contribution in [0.5, 0.6) is 0 Å². The quantitative estimate of drug-likeness (QED) is 0.876. The van der Waals surface area contributed by atoms with Gasteiger partial charge in [0.1, 0.15) is 5.54 Å². The number of anilines is 1. The molecule has 2 rings (SSSR count). The van der Waals surface area contributed by atoms with Gasteiger partial charge in [0.15, 0.2) is 0 Å². The molecule has 1 aliphatic heterocycles. The molecule has 0 atom stereocenters. The molecule has 0 aliphatic carbocycles. The van der Waals surface area contributed by atoms with Crippen LogP contribution in [0.15, 0.2) is 24.3 Å². The van der Waals surface area contributed by atoms with Crippen molar-refractivity contribution in [1.29, 1.82) is 0 Å². The monoisotopic (exact) mass is 310 g/mol. The molecule has 4 nitrogen and oxygen atoms in total. The highest BCUT2D eigenvalue weighted by atomic mass is 35.5. The van der Waals surface area contributed by atoms with E-state index in [1.54, 1.807) is 12.1 Å². The van der Waals surface area contributed by atoms with Crippen molar-refractivity contribution in [3.8, 4) is 0 Å². The Morgan fingerprint density at radius 3 is 2.62 bits per heavy atom. The van der Waals surface area contributed by atoms with Crippen LogP contribution in [0.4, 0.5) is 5.69 Å². The molecule has 1 aliphatic rings. The van der Waals surface area contributed by atoms with E-state index in [0.29, 0.717) is 23.8 Å². The molecule has 1 heterocycles. The highest BCUT2D eigenvalue weighted by Crippen LogP contribution is 2.29. The van der Waals surface area contributed by atoms with Crippen LogP contribution in [0.3, 0.4) is 0 Å². The number of carbonyl (C=O) groups is 1. The van der Waals surface area contributed by atoms with Gasteiger partial charge in [-0.15, -0.1) is 0 Å². The summed E-state index contributed by atoms with van der Waals surface area (Å²) in [6.45, 7) is 7.00. The van der Waals surface area contributed by atoms with Crippen LogP contribution in [0.2, 0.25) is 5.02 Å². The number of rotatable bonds is 5. The van der Waals surface area contributed by atoms with E-state index in [9.17, 15) is 9.90 Å². The molecular weight excluding hydrogens is 288 g/mol. The van der Waals surface area contributed by atoms with E-state index in [2.05, 4.69) is 24.1 Å². The summed E-state index contributed by atoms with van der Waals surface area (Å²) in [5.74, 6) is -0.185. The topological polar surface area (TPSA) is 52.6 Å². The van der Waals surface area contributed by atoms with Gasteiger partial charge >= 0.3 is 5.97 Å². The summed E-state index contributed by atoms with van der Waals surface area (Å²) >= 11 is 5.97. The molecule has 0 unspecified atom stereocenters. The molecule has 0 bridgehead atoms. The predicted molar refractivity (Wildman–Crippen MR) is 86.0 cm³/mol. The number of benzene rings is 1. The molecule has 5 heteroatoms. The number of likely N-dealkylation sites (tertiary alicyclic amines) is 1. The van der Waals surface area contributed by atoms with Gasteiger partial charge in [0.05, 0.1) is 0 Å². The Balaban J connectivity index is 2.07. The van der Waals surface area contributed by atoms with Gasteiger partial charge in [-0.05, 0) is 37.0 Å². The molecule has 0 aromatic heterocycles. The molecule has 0 saturated carbocycles. The van der Waals surface area contributed by atoms with Crippen molar-refractivity contribution >= 4 is 23.3 Å². The lowest BCUT2D eigenvalue weighted by Gasteiger charge is -2.40. The normalized spacial score (nSPS) is 18.7. The number of nitrogens with zero attached hydrogens (tertiary/aromatic N) is 1. The van der Waals surface area contributed by atoms with Crippen molar-refractivity contribution in [3.05, 3.63) is 29.3 Å². The summed E-state index contributed by atoms with van der Waals surface area (Å²) in [5, 5.41) is 13.5. The summed E-state index contributed by atoms with van der Waals surface area (Å²) in [7, 11) is 0. The number of carboxylic acids is 1. The second-order valence-corrected chi connectivity index (χ2v) is 6.65. The van der Waals surface area contributed by atoms with E-state index in [-0.39, 0.29) is 0 Å². The molecule has 1 aromatic rings. The molecule has 0 radical (unpaired) electrons. The Morgan fingerprint density at radius 2 is 2.10 bits per heavy atom. The summed E-state index contributed by atoms with van der Waals surface area (Å²) in [6, 6.07) is 7.24. The van der Waals surface area contributed by atoms with E-state index < -0.39 is 11.5 Å². The molecule has 1 fully saturated rings. The molecule has 116 valence electrons. The first-order valence-corrected chi connectivity index (χ1v) is 7.78.